The van der Waals surface area contributed by atoms with Crippen molar-refractivity contribution >= 4 is 50.6 Å². The molecule has 0 saturated heterocycles. The standard InChI is InChI=1S/C21H17BrN2O4S2/c1-3-28-20(27)17-11(2)23-21-24(18(17)15-5-4-8-29-15)19(26)16(30-21)10-12-9-13(22)6-7-14(12)25/h4-10,18,25H,3H2,1-2H3/b16-10-/t18-/m1/s1. The van der Waals surface area contributed by atoms with Crippen LogP contribution in [-0.4, -0.2) is 22.2 Å². The molecule has 30 heavy (non-hydrogen) atoms. The summed E-state index contributed by atoms with van der Waals surface area (Å²) < 4.78 is 8.00. The molecule has 0 amide bonds. The SMILES string of the molecule is CCOC(=O)C1=C(C)N=c2s/c(=C\c3cc(Br)ccc3O)c(=O)n2[C@@H]1c1cccs1. The number of carbonyl (C=O) groups excluding carboxylic acids is 1. The molecule has 0 unspecified atom stereocenters. The van der Waals surface area contributed by atoms with Gasteiger partial charge >= 0.3 is 5.97 Å². The maximum absolute atomic E-state index is 13.4. The molecule has 1 aliphatic rings. The van der Waals surface area contributed by atoms with E-state index in [-0.39, 0.29) is 17.9 Å². The normalized spacial score (nSPS) is 16.4. The van der Waals surface area contributed by atoms with E-state index in [1.54, 1.807) is 38.1 Å². The molecule has 6 nitrogen and oxygen atoms in total. The van der Waals surface area contributed by atoms with E-state index in [1.807, 2.05) is 17.5 Å². The number of hydrogen-bond donors (Lipinski definition) is 1. The molecule has 0 radical (unpaired) electrons. The fraction of sp³-hybridized carbons (Fsp3) is 0.190. The molecule has 1 atom stereocenters. The van der Waals surface area contributed by atoms with E-state index in [9.17, 15) is 14.7 Å². The van der Waals surface area contributed by atoms with E-state index in [1.165, 1.54) is 27.2 Å². The zero-order chi connectivity index (χ0) is 21.4. The summed E-state index contributed by atoms with van der Waals surface area (Å²) >= 11 is 6.07. The second-order valence-corrected chi connectivity index (χ2v) is 9.42. The number of thiazole rings is 1. The van der Waals surface area contributed by atoms with Gasteiger partial charge in [0, 0.05) is 14.9 Å². The first kappa shape index (κ1) is 20.8. The van der Waals surface area contributed by atoms with Gasteiger partial charge in [-0.05, 0) is 49.6 Å². The van der Waals surface area contributed by atoms with E-state index in [0.717, 1.165) is 9.35 Å². The number of aromatic hydroxyl groups is 1. The zero-order valence-corrected chi connectivity index (χ0v) is 19.3. The number of carbonyl (C=O) groups is 1. The number of thiophene rings is 1. The maximum atomic E-state index is 13.4. The largest absolute Gasteiger partial charge is 0.507 e. The van der Waals surface area contributed by atoms with Crippen LogP contribution in [0.1, 0.15) is 30.3 Å². The molecular weight excluding hydrogens is 488 g/mol. The molecule has 0 bridgehead atoms. The predicted octanol–water partition coefficient (Wildman–Crippen LogP) is 3.33. The van der Waals surface area contributed by atoms with Gasteiger partial charge in [0.25, 0.3) is 5.56 Å². The number of nitrogens with zero attached hydrogens (tertiary/aromatic N) is 2. The Bertz CT molecular complexity index is 1340. The van der Waals surface area contributed by atoms with Crippen LogP contribution in [0.25, 0.3) is 6.08 Å². The third-order valence-electron chi connectivity index (χ3n) is 4.61. The van der Waals surface area contributed by atoms with E-state index in [2.05, 4.69) is 20.9 Å². The Labute approximate surface area is 188 Å². The van der Waals surface area contributed by atoms with Crippen molar-refractivity contribution in [3.05, 3.63) is 81.6 Å². The van der Waals surface area contributed by atoms with Gasteiger partial charge < -0.3 is 9.84 Å². The second-order valence-electron chi connectivity index (χ2n) is 6.52. The molecule has 0 fully saturated rings. The summed E-state index contributed by atoms with van der Waals surface area (Å²) in [6.07, 6.45) is 1.64. The highest BCUT2D eigenvalue weighted by molar-refractivity contribution is 9.10. The quantitative estimate of drug-likeness (QED) is 0.552. The summed E-state index contributed by atoms with van der Waals surface area (Å²) in [5.41, 5.74) is 1.14. The number of halogens is 1. The molecule has 9 heteroatoms. The lowest BCUT2D eigenvalue weighted by Crippen LogP contribution is -2.39. The minimum absolute atomic E-state index is 0.0715. The molecule has 2 aromatic heterocycles. The average Bonchev–Trinajstić information content (AvgIpc) is 3.33. The summed E-state index contributed by atoms with van der Waals surface area (Å²) in [7, 11) is 0. The van der Waals surface area contributed by atoms with Crippen LogP contribution < -0.4 is 14.9 Å². The highest BCUT2D eigenvalue weighted by atomic mass is 79.9. The van der Waals surface area contributed by atoms with Crippen LogP contribution >= 0.6 is 38.6 Å². The molecule has 0 aliphatic carbocycles. The summed E-state index contributed by atoms with van der Waals surface area (Å²) in [5.74, 6) is -0.404. The number of benzene rings is 1. The molecule has 0 saturated carbocycles. The lowest BCUT2D eigenvalue weighted by Gasteiger charge is -2.23. The molecule has 4 rings (SSSR count). The first-order valence-corrected chi connectivity index (χ1v) is 11.6. The monoisotopic (exact) mass is 504 g/mol. The number of fused-ring (bicyclic) bond motifs is 1. The predicted molar refractivity (Wildman–Crippen MR) is 121 cm³/mol. The average molecular weight is 505 g/mol. The van der Waals surface area contributed by atoms with E-state index in [4.69, 9.17) is 4.74 Å². The van der Waals surface area contributed by atoms with E-state index in [0.29, 0.717) is 26.2 Å². The number of aromatic nitrogens is 1. The van der Waals surface area contributed by atoms with Crippen LogP contribution in [0.5, 0.6) is 5.75 Å². The Hall–Kier alpha value is -2.49. The maximum Gasteiger partial charge on any atom is 0.338 e. The van der Waals surface area contributed by atoms with Crippen molar-refractivity contribution in [3.63, 3.8) is 0 Å². The Kier molecular flexibility index (Phi) is 5.77. The summed E-state index contributed by atoms with van der Waals surface area (Å²) in [6, 6.07) is 8.20. The lowest BCUT2D eigenvalue weighted by atomic mass is 10.0. The van der Waals surface area contributed by atoms with Crippen LogP contribution in [-0.2, 0) is 9.53 Å². The van der Waals surface area contributed by atoms with Gasteiger partial charge in [-0.15, -0.1) is 11.3 Å². The topological polar surface area (TPSA) is 80.9 Å². The number of phenols is 1. The van der Waals surface area contributed by atoms with Crippen LogP contribution in [0, 0.1) is 0 Å². The van der Waals surface area contributed by atoms with Crippen LogP contribution in [0.3, 0.4) is 0 Å². The van der Waals surface area contributed by atoms with E-state index < -0.39 is 12.0 Å². The highest BCUT2D eigenvalue weighted by Gasteiger charge is 2.33. The van der Waals surface area contributed by atoms with E-state index >= 15 is 0 Å². The molecule has 3 heterocycles. The first-order chi connectivity index (χ1) is 14.4. The Morgan fingerprint density at radius 3 is 2.90 bits per heavy atom. The number of rotatable bonds is 4. The third-order valence-corrected chi connectivity index (χ3v) is 7.01. The zero-order valence-electron chi connectivity index (χ0n) is 16.1. The number of allylic oxidation sites excluding steroid dienone is 1. The molecule has 3 aromatic rings. The minimum Gasteiger partial charge on any atom is -0.507 e. The van der Waals surface area contributed by atoms with Gasteiger partial charge in [0.1, 0.15) is 11.8 Å². The Balaban J connectivity index is 1.96. The first-order valence-electron chi connectivity index (χ1n) is 9.12. The molecular formula is C21H17BrN2O4S2. The van der Waals surface area contributed by atoms with Crippen LogP contribution in [0.4, 0.5) is 0 Å². The lowest BCUT2D eigenvalue weighted by molar-refractivity contribution is -0.139. The molecule has 1 N–H and O–H groups in total. The van der Waals surface area contributed by atoms with Crippen molar-refractivity contribution in [3.8, 4) is 5.75 Å². The van der Waals surface area contributed by atoms with Crippen molar-refractivity contribution in [1.82, 2.24) is 4.57 Å². The van der Waals surface area contributed by atoms with Gasteiger partial charge in [-0.25, -0.2) is 9.79 Å². The number of esters is 1. The smallest absolute Gasteiger partial charge is 0.338 e. The van der Waals surface area contributed by atoms with Crippen molar-refractivity contribution in [2.75, 3.05) is 6.61 Å². The van der Waals surface area contributed by atoms with Gasteiger partial charge in [0.05, 0.1) is 22.4 Å². The Morgan fingerprint density at radius 1 is 1.40 bits per heavy atom. The van der Waals surface area contributed by atoms with Gasteiger partial charge in [-0.3, -0.25) is 9.36 Å². The molecule has 0 spiro atoms. The summed E-state index contributed by atoms with van der Waals surface area (Å²) in [6.45, 7) is 3.73. The van der Waals surface area contributed by atoms with Crippen molar-refractivity contribution < 1.29 is 14.6 Å². The third kappa shape index (κ3) is 3.68. The fourth-order valence-corrected chi connectivity index (χ4v) is 5.53. The van der Waals surface area contributed by atoms with Crippen molar-refractivity contribution in [2.45, 2.75) is 19.9 Å². The second kappa shape index (κ2) is 8.33. The number of phenolic OH excluding ortho intramolecular Hbond substituents is 1. The number of ether oxygens (including phenoxy) is 1. The van der Waals surface area contributed by atoms with Gasteiger partial charge in [-0.1, -0.05) is 33.3 Å². The molecule has 1 aliphatic heterocycles. The molecule has 154 valence electrons. The van der Waals surface area contributed by atoms with Crippen LogP contribution in [0.2, 0.25) is 0 Å². The van der Waals surface area contributed by atoms with Gasteiger partial charge in [-0.2, -0.15) is 0 Å². The van der Waals surface area contributed by atoms with Crippen molar-refractivity contribution in [2.24, 2.45) is 4.99 Å². The minimum atomic E-state index is -0.599. The van der Waals surface area contributed by atoms with Crippen molar-refractivity contribution in [1.29, 1.82) is 0 Å². The van der Waals surface area contributed by atoms with Gasteiger partial charge in [0.15, 0.2) is 4.80 Å². The molecule has 1 aromatic carbocycles. The summed E-state index contributed by atoms with van der Waals surface area (Å²) in [5, 5.41) is 12.1. The summed E-state index contributed by atoms with van der Waals surface area (Å²) in [4.78, 5) is 32.0. The Morgan fingerprint density at radius 2 is 2.20 bits per heavy atom. The van der Waals surface area contributed by atoms with Crippen LogP contribution in [0.15, 0.2) is 61.2 Å². The fourth-order valence-electron chi connectivity index (χ4n) is 3.29. The highest BCUT2D eigenvalue weighted by Crippen LogP contribution is 2.33. The number of hydrogen-bond acceptors (Lipinski definition) is 7. The van der Waals surface area contributed by atoms with Gasteiger partial charge in [0.2, 0.25) is 0 Å².